The summed E-state index contributed by atoms with van der Waals surface area (Å²) in [6, 6.07) is 10.1. The first-order chi connectivity index (χ1) is 12.1. The van der Waals surface area contributed by atoms with E-state index < -0.39 is 0 Å². The van der Waals surface area contributed by atoms with Gasteiger partial charge in [-0.2, -0.15) is 0 Å². The molecule has 0 fully saturated rings. The fourth-order valence-electron chi connectivity index (χ4n) is 3.60. The van der Waals surface area contributed by atoms with Gasteiger partial charge < -0.3 is 4.90 Å². The van der Waals surface area contributed by atoms with Gasteiger partial charge in [0, 0.05) is 28.5 Å². The first kappa shape index (κ1) is 18.4. The molecule has 0 saturated carbocycles. The number of carbonyl (C=O) groups is 1. The topological polar surface area (TPSA) is 32.3 Å². The van der Waals surface area contributed by atoms with Crippen molar-refractivity contribution in [3.8, 4) is 0 Å². The Morgan fingerprint density at radius 2 is 1.96 bits per heavy atom. The standard InChI is InChI=1S/C20H25ClN2OS/c1-3-20(4-2,16-5-7-17(21)8-6-16)22-13-19(24)23-11-9-18-15(14-23)10-12-25-18/h5-8,10,12,22H,3-4,9,11,13-14H2,1-2H3. The Morgan fingerprint density at radius 1 is 1.24 bits per heavy atom. The van der Waals surface area contributed by atoms with E-state index in [2.05, 4.69) is 42.7 Å². The monoisotopic (exact) mass is 376 g/mol. The van der Waals surface area contributed by atoms with Gasteiger partial charge in [-0.3, -0.25) is 10.1 Å². The number of rotatable bonds is 6. The number of amides is 1. The van der Waals surface area contributed by atoms with E-state index >= 15 is 0 Å². The van der Waals surface area contributed by atoms with Gasteiger partial charge >= 0.3 is 0 Å². The zero-order valence-corrected chi connectivity index (χ0v) is 16.4. The van der Waals surface area contributed by atoms with Crippen molar-refractivity contribution in [3.63, 3.8) is 0 Å². The summed E-state index contributed by atoms with van der Waals surface area (Å²) in [5, 5.41) is 6.41. The quantitative estimate of drug-likeness (QED) is 0.799. The number of thiophene rings is 1. The minimum Gasteiger partial charge on any atom is -0.337 e. The van der Waals surface area contributed by atoms with Crippen LogP contribution < -0.4 is 5.32 Å². The molecule has 5 heteroatoms. The Kier molecular flexibility index (Phi) is 5.82. The highest BCUT2D eigenvalue weighted by Gasteiger charge is 2.30. The number of halogens is 1. The lowest BCUT2D eigenvalue weighted by Crippen LogP contribution is -2.48. The highest BCUT2D eigenvalue weighted by Crippen LogP contribution is 2.30. The number of benzene rings is 1. The van der Waals surface area contributed by atoms with Crippen molar-refractivity contribution in [1.82, 2.24) is 10.2 Å². The molecule has 0 radical (unpaired) electrons. The maximum absolute atomic E-state index is 12.7. The van der Waals surface area contributed by atoms with Crippen LogP contribution in [0.5, 0.6) is 0 Å². The van der Waals surface area contributed by atoms with Gasteiger partial charge in [0.05, 0.1) is 6.54 Å². The van der Waals surface area contributed by atoms with Crippen LogP contribution in [-0.2, 0) is 23.3 Å². The van der Waals surface area contributed by atoms with Crippen LogP contribution in [0.1, 0.15) is 42.7 Å². The Balaban J connectivity index is 1.67. The fourth-order valence-corrected chi connectivity index (χ4v) is 4.61. The second-order valence-corrected chi connectivity index (χ2v) is 8.02. The number of fused-ring (bicyclic) bond motifs is 1. The zero-order valence-electron chi connectivity index (χ0n) is 14.8. The van der Waals surface area contributed by atoms with E-state index in [0.717, 1.165) is 37.4 Å². The summed E-state index contributed by atoms with van der Waals surface area (Å²) < 4.78 is 0. The average molecular weight is 377 g/mol. The second-order valence-electron chi connectivity index (χ2n) is 6.58. The average Bonchev–Trinajstić information content (AvgIpc) is 3.11. The second kappa shape index (κ2) is 7.90. The maximum Gasteiger partial charge on any atom is 0.236 e. The van der Waals surface area contributed by atoms with Crippen molar-refractivity contribution in [1.29, 1.82) is 0 Å². The van der Waals surface area contributed by atoms with Crippen LogP contribution in [0.2, 0.25) is 5.02 Å². The summed E-state index contributed by atoms with van der Waals surface area (Å²) in [7, 11) is 0. The normalized spacial score (nSPS) is 14.4. The Hall–Kier alpha value is -1.36. The highest BCUT2D eigenvalue weighted by molar-refractivity contribution is 7.10. The van der Waals surface area contributed by atoms with Crippen LogP contribution in [0.3, 0.4) is 0 Å². The van der Waals surface area contributed by atoms with Crippen LogP contribution in [0.25, 0.3) is 0 Å². The lowest BCUT2D eigenvalue weighted by Gasteiger charge is -2.35. The van der Waals surface area contributed by atoms with Gasteiger partial charge in [0.15, 0.2) is 0 Å². The smallest absolute Gasteiger partial charge is 0.236 e. The van der Waals surface area contributed by atoms with Crippen LogP contribution in [-0.4, -0.2) is 23.9 Å². The van der Waals surface area contributed by atoms with E-state index in [1.165, 1.54) is 16.0 Å². The number of nitrogens with zero attached hydrogens (tertiary/aromatic N) is 1. The molecule has 0 unspecified atom stereocenters. The summed E-state index contributed by atoms with van der Waals surface area (Å²) in [6.45, 7) is 6.25. The van der Waals surface area contributed by atoms with Gasteiger partial charge in [-0.15, -0.1) is 11.3 Å². The van der Waals surface area contributed by atoms with Gasteiger partial charge in [0.1, 0.15) is 0 Å². The molecule has 1 aliphatic rings. The molecule has 1 N–H and O–H groups in total. The molecule has 3 rings (SSSR count). The third kappa shape index (κ3) is 3.91. The van der Waals surface area contributed by atoms with Crippen molar-refractivity contribution >= 4 is 28.8 Å². The molecule has 0 aliphatic carbocycles. The molecule has 1 amide bonds. The molecule has 0 atom stereocenters. The highest BCUT2D eigenvalue weighted by atomic mass is 35.5. The minimum absolute atomic E-state index is 0.178. The molecule has 2 heterocycles. The van der Waals surface area contributed by atoms with Gasteiger partial charge in [-0.1, -0.05) is 37.6 Å². The third-order valence-electron chi connectivity index (χ3n) is 5.34. The third-order valence-corrected chi connectivity index (χ3v) is 6.62. The van der Waals surface area contributed by atoms with E-state index in [9.17, 15) is 4.79 Å². The van der Waals surface area contributed by atoms with Gasteiger partial charge in [-0.05, 0) is 54.0 Å². The molecular weight excluding hydrogens is 352 g/mol. The number of hydrogen-bond acceptors (Lipinski definition) is 3. The first-order valence-corrected chi connectivity index (χ1v) is 10.2. The molecule has 0 saturated heterocycles. The van der Waals surface area contributed by atoms with E-state index in [1.807, 2.05) is 17.0 Å². The molecular formula is C20H25ClN2OS. The molecule has 1 aromatic heterocycles. The predicted molar refractivity (Wildman–Crippen MR) is 105 cm³/mol. The van der Waals surface area contributed by atoms with Crippen molar-refractivity contribution in [2.45, 2.75) is 45.2 Å². The van der Waals surface area contributed by atoms with E-state index in [1.54, 1.807) is 11.3 Å². The number of nitrogens with one attached hydrogen (secondary N) is 1. The maximum atomic E-state index is 12.7. The van der Waals surface area contributed by atoms with E-state index in [4.69, 9.17) is 11.6 Å². The van der Waals surface area contributed by atoms with E-state index in [-0.39, 0.29) is 11.4 Å². The summed E-state index contributed by atoms with van der Waals surface area (Å²) in [6.07, 6.45) is 2.82. The van der Waals surface area contributed by atoms with Crippen molar-refractivity contribution in [2.24, 2.45) is 0 Å². The van der Waals surface area contributed by atoms with Crippen LogP contribution >= 0.6 is 22.9 Å². The zero-order chi connectivity index (χ0) is 17.9. The van der Waals surface area contributed by atoms with Crippen molar-refractivity contribution < 1.29 is 4.79 Å². The van der Waals surface area contributed by atoms with Gasteiger partial charge in [-0.25, -0.2) is 0 Å². The van der Waals surface area contributed by atoms with Crippen molar-refractivity contribution in [3.05, 3.63) is 56.7 Å². The molecule has 1 aliphatic heterocycles. The van der Waals surface area contributed by atoms with Crippen LogP contribution in [0.4, 0.5) is 0 Å². The molecule has 25 heavy (non-hydrogen) atoms. The van der Waals surface area contributed by atoms with Crippen molar-refractivity contribution in [2.75, 3.05) is 13.1 Å². The van der Waals surface area contributed by atoms with E-state index in [0.29, 0.717) is 6.54 Å². The molecule has 3 nitrogen and oxygen atoms in total. The first-order valence-electron chi connectivity index (χ1n) is 8.92. The number of hydrogen-bond donors (Lipinski definition) is 1. The Labute approximate surface area is 159 Å². The summed E-state index contributed by atoms with van der Waals surface area (Å²) in [5.41, 5.74) is 2.30. The largest absolute Gasteiger partial charge is 0.337 e. The molecule has 0 spiro atoms. The summed E-state index contributed by atoms with van der Waals surface area (Å²) in [4.78, 5) is 16.1. The summed E-state index contributed by atoms with van der Waals surface area (Å²) >= 11 is 7.83. The Bertz CT molecular complexity index is 722. The molecule has 1 aromatic carbocycles. The lowest BCUT2D eigenvalue weighted by atomic mass is 9.84. The number of carbonyl (C=O) groups excluding carboxylic acids is 1. The van der Waals surface area contributed by atoms with Crippen LogP contribution in [0, 0.1) is 0 Å². The fraction of sp³-hybridized carbons (Fsp3) is 0.450. The minimum atomic E-state index is -0.191. The molecule has 0 bridgehead atoms. The predicted octanol–water partition coefficient (Wildman–Crippen LogP) is 4.59. The SMILES string of the molecule is CCC(CC)(NCC(=O)N1CCc2sccc2C1)c1ccc(Cl)cc1. The van der Waals surface area contributed by atoms with Gasteiger partial charge in [0.2, 0.25) is 5.91 Å². The molecule has 2 aromatic rings. The van der Waals surface area contributed by atoms with Crippen LogP contribution in [0.15, 0.2) is 35.7 Å². The molecule has 134 valence electrons. The summed E-state index contributed by atoms with van der Waals surface area (Å²) in [5.74, 6) is 0.178. The lowest BCUT2D eigenvalue weighted by molar-refractivity contribution is -0.131. The van der Waals surface area contributed by atoms with Gasteiger partial charge in [0.25, 0.3) is 0 Å². The Morgan fingerprint density at radius 3 is 2.64 bits per heavy atom.